The summed E-state index contributed by atoms with van der Waals surface area (Å²) in [4.78, 5) is 30.3. The molecule has 1 aliphatic rings. The Balaban J connectivity index is 1.67. The molecule has 0 bridgehead atoms. The van der Waals surface area contributed by atoms with Gasteiger partial charge in [0, 0.05) is 24.7 Å². The molecule has 0 aliphatic carbocycles. The van der Waals surface area contributed by atoms with E-state index in [1.54, 1.807) is 17.2 Å². The Labute approximate surface area is 129 Å². The highest BCUT2D eigenvalue weighted by atomic mass is 16.2. The van der Waals surface area contributed by atoms with Crippen molar-refractivity contribution in [3.05, 3.63) is 36.5 Å². The summed E-state index contributed by atoms with van der Waals surface area (Å²) in [5, 5.41) is 3.77. The Morgan fingerprint density at radius 2 is 1.86 bits per heavy atom. The molecule has 0 unspecified atom stereocenters. The number of para-hydroxylation sites is 1. The van der Waals surface area contributed by atoms with Gasteiger partial charge in [-0.05, 0) is 31.4 Å². The van der Waals surface area contributed by atoms with Crippen LogP contribution in [-0.2, 0) is 9.59 Å². The molecule has 1 aromatic carbocycles. The number of benzene rings is 1. The molecule has 0 radical (unpaired) electrons. The van der Waals surface area contributed by atoms with Crippen molar-refractivity contribution < 1.29 is 9.59 Å². The number of hydrogen-bond donors (Lipinski definition) is 1. The molecule has 22 heavy (non-hydrogen) atoms. The zero-order valence-corrected chi connectivity index (χ0v) is 12.4. The molecule has 5 heteroatoms. The average molecular weight is 297 g/mol. The maximum Gasteiger partial charge on any atom is 0.233 e. The summed E-state index contributed by atoms with van der Waals surface area (Å²) in [5.41, 5.74) is 1.39. The van der Waals surface area contributed by atoms with Crippen LogP contribution in [0.4, 0.5) is 5.69 Å². The van der Waals surface area contributed by atoms with Crippen LogP contribution in [0, 0.1) is 0 Å². The van der Waals surface area contributed by atoms with E-state index in [1.165, 1.54) is 0 Å². The van der Waals surface area contributed by atoms with Crippen LogP contribution in [0.25, 0.3) is 10.9 Å². The van der Waals surface area contributed by atoms with Gasteiger partial charge in [0.05, 0.1) is 11.2 Å². The Morgan fingerprint density at radius 1 is 1.09 bits per heavy atom. The topological polar surface area (TPSA) is 62.3 Å². The molecule has 0 spiro atoms. The van der Waals surface area contributed by atoms with E-state index in [2.05, 4.69) is 10.3 Å². The molecule has 1 saturated heterocycles. The van der Waals surface area contributed by atoms with Gasteiger partial charge in [-0.25, -0.2) is 0 Å². The number of fused-ring (bicyclic) bond motifs is 1. The first-order valence-corrected chi connectivity index (χ1v) is 7.65. The number of carbonyl (C=O) groups is 2. The molecule has 1 fully saturated rings. The summed E-state index contributed by atoms with van der Waals surface area (Å²) < 4.78 is 0. The van der Waals surface area contributed by atoms with Crippen LogP contribution in [0.1, 0.15) is 25.7 Å². The first-order valence-electron chi connectivity index (χ1n) is 7.65. The van der Waals surface area contributed by atoms with Gasteiger partial charge in [-0.3, -0.25) is 14.6 Å². The minimum atomic E-state index is -0.284. The van der Waals surface area contributed by atoms with Gasteiger partial charge in [-0.1, -0.05) is 18.2 Å². The Kier molecular flexibility index (Phi) is 4.32. The van der Waals surface area contributed by atoms with Crippen molar-refractivity contribution in [2.75, 3.05) is 18.4 Å². The number of amides is 2. The van der Waals surface area contributed by atoms with Crippen LogP contribution in [-0.4, -0.2) is 34.8 Å². The van der Waals surface area contributed by atoms with Crippen LogP contribution in [0.5, 0.6) is 0 Å². The lowest BCUT2D eigenvalue weighted by Gasteiger charge is -2.26. The molecule has 3 rings (SSSR count). The largest absolute Gasteiger partial charge is 0.342 e. The van der Waals surface area contributed by atoms with E-state index in [4.69, 9.17) is 0 Å². The fraction of sp³-hybridized carbons (Fsp3) is 0.353. The number of hydrogen-bond acceptors (Lipinski definition) is 3. The molecular weight excluding hydrogens is 278 g/mol. The summed E-state index contributed by atoms with van der Waals surface area (Å²) in [6.45, 7) is 1.53. The lowest BCUT2D eigenvalue weighted by molar-refractivity contribution is -0.135. The maximum absolute atomic E-state index is 12.1. The van der Waals surface area contributed by atoms with E-state index in [0.717, 1.165) is 43.3 Å². The van der Waals surface area contributed by atoms with Crippen LogP contribution < -0.4 is 5.32 Å². The van der Waals surface area contributed by atoms with E-state index in [1.807, 2.05) is 24.3 Å². The Hall–Kier alpha value is -2.43. The lowest BCUT2D eigenvalue weighted by atomic mass is 10.1. The van der Waals surface area contributed by atoms with E-state index >= 15 is 0 Å². The van der Waals surface area contributed by atoms with Gasteiger partial charge in [0.15, 0.2) is 0 Å². The molecule has 114 valence electrons. The lowest BCUT2D eigenvalue weighted by Crippen LogP contribution is -2.37. The van der Waals surface area contributed by atoms with Crippen molar-refractivity contribution in [2.24, 2.45) is 0 Å². The first-order chi connectivity index (χ1) is 10.7. The summed E-state index contributed by atoms with van der Waals surface area (Å²) in [6.07, 6.45) is 4.80. The summed E-state index contributed by atoms with van der Waals surface area (Å²) >= 11 is 0. The summed E-state index contributed by atoms with van der Waals surface area (Å²) in [7, 11) is 0. The second kappa shape index (κ2) is 6.56. The molecule has 0 atom stereocenters. The fourth-order valence-electron chi connectivity index (χ4n) is 2.79. The number of nitrogens with zero attached hydrogens (tertiary/aromatic N) is 2. The van der Waals surface area contributed by atoms with Crippen molar-refractivity contribution in [2.45, 2.75) is 25.7 Å². The number of carbonyl (C=O) groups excluding carboxylic acids is 2. The maximum atomic E-state index is 12.1. The molecule has 1 N–H and O–H groups in total. The summed E-state index contributed by atoms with van der Waals surface area (Å²) in [5.74, 6) is -0.376. The van der Waals surface area contributed by atoms with Crippen LogP contribution in [0.2, 0.25) is 0 Å². The van der Waals surface area contributed by atoms with E-state index in [0.29, 0.717) is 5.69 Å². The standard InChI is InChI=1S/C17H19N3O2/c21-15(12-16(22)20-10-2-1-3-11-20)19-14-8-4-6-13-7-5-9-18-17(13)14/h4-9H,1-3,10-12H2,(H,19,21). The molecule has 2 heterocycles. The monoisotopic (exact) mass is 297 g/mol. The van der Waals surface area contributed by atoms with Crippen molar-refractivity contribution in [1.29, 1.82) is 0 Å². The Bertz CT molecular complexity index is 688. The average Bonchev–Trinajstić information content (AvgIpc) is 2.56. The van der Waals surface area contributed by atoms with Gasteiger partial charge in [0.1, 0.15) is 6.42 Å². The molecule has 2 aromatic rings. The zero-order chi connectivity index (χ0) is 15.4. The molecular formula is C17H19N3O2. The quantitative estimate of drug-likeness (QED) is 0.886. The van der Waals surface area contributed by atoms with Crippen LogP contribution in [0.3, 0.4) is 0 Å². The normalized spacial score (nSPS) is 14.8. The van der Waals surface area contributed by atoms with Gasteiger partial charge in [-0.15, -0.1) is 0 Å². The number of likely N-dealkylation sites (tertiary alicyclic amines) is 1. The highest BCUT2D eigenvalue weighted by molar-refractivity contribution is 6.07. The third-order valence-electron chi connectivity index (χ3n) is 3.93. The number of rotatable bonds is 3. The van der Waals surface area contributed by atoms with Crippen LogP contribution >= 0.6 is 0 Å². The summed E-state index contributed by atoms with van der Waals surface area (Å²) in [6, 6.07) is 9.41. The van der Waals surface area contributed by atoms with E-state index in [9.17, 15) is 9.59 Å². The van der Waals surface area contributed by atoms with Gasteiger partial charge in [0.2, 0.25) is 11.8 Å². The minimum absolute atomic E-state index is 0.0922. The van der Waals surface area contributed by atoms with Gasteiger partial charge < -0.3 is 10.2 Å². The van der Waals surface area contributed by atoms with Crippen molar-refractivity contribution >= 4 is 28.4 Å². The van der Waals surface area contributed by atoms with Crippen molar-refractivity contribution in [3.8, 4) is 0 Å². The van der Waals surface area contributed by atoms with E-state index < -0.39 is 0 Å². The minimum Gasteiger partial charge on any atom is -0.342 e. The second-order valence-corrected chi connectivity index (χ2v) is 5.55. The first kappa shape index (κ1) is 14.5. The second-order valence-electron chi connectivity index (χ2n) is 5.55. The Morgan fingerprint density at radius 3 is 2.68 bits per heavy atom. The predicted molar refractivity (Wildman–Crippen MR) is 85.4 cm³/mol. The highest BCUT2D eigenvalue weighted by Gasteiger charge is 2.19. The number of anilines is 1. The zero-order valence-electron chi connectivity index (χ0n) is 12.4. The number of piperidine rings is 1. The highest BCUT2D eigenvalue weighted by Crippen LogP contribution is 2.20. The molecule has 0 saturated carbocycles. The van der Waals surface area contributed by atoms with Gasteiger partial charge in [0.25, 0.3) is 0 Å². The SMILES string of the molecule is O=C(CC(=O)N1CCCCC1)Nc1cccc2cccnc12. The number of aromatic nitrogens is 1. The van der Waals surface area contributed by atoms with Gasteiger partial charge in [-0.2, -0.15) is 0 Å². The van der Waals surface area contributed by atoms with Gasteiger partial charge >= 0.3 is 0 Å². The predicted octanol–water partition coefficient (Wildman–Crippen LogP) is 2.58. The third-order valence-corrected chi connectivity index (χ3v) is 3.93. The molecule has 2 amide bonds. The number of pyridine rings is 1. The van der Waals surface area contributed by atoms with Crippen molar-refractivity contribution in [3.63, 3.8) is 0 Å². The number of nitrogens with one attached hydrogen (secondary N) is 1. The molecule has 5 nitrogen and oxygen atoms in total. The van der Waals surface area contributed by atoms with Crippen LogP contribution in [0.15, 0.2) is 36.5 Å². The van der Waals surface area contributed by atoms with E-state index in [-0.39, 0.29) is 18.2 Å². The molecule has 1 aromatic heterocycles. The smallest absolute Gasteiger partial charge is 0.233 e. The third kappa shape index (κ3) is 3.24. The van der Waals surface area contributed by atoms with Crippen molar-refractivity contribution in [1.82, 2.24) is 9.88 Å². The fourth-order valence-corrected chi connectivity index (χ4v) is 2.79. The molecule has 1 aliphatic heterocycles.